The quantitative estimate of drug-likeness (QED) is 0.610. The Hall–Kier alpha value is -3.82. The number of benzene rings is 1. The Balaban J connectivity index is 1.46. The molecule has 1 unspecified atom stereocenters. The number of imidazole rings is 1. The number of aryl methyl sites for hydroxylation is 1. The number of H-pyrrole nitrogens is 1. The predicted molar refractivity (Wildman–Crippen MR) is 120 cm³/mol. The van der Waals surface area contributed by atoms with Crippen LogP contribution < -0.4 is 5.32 Å². The van der Waals surface area contributed by atoms with Gasteiger partial charge in [-0.15, -0.1) is 6.42 Å². The first-order valence-electron chi connectivity index (χ1n) is 10.2. The van der Waals surface area contributed by atoms with Gasteiger partial charge in [-0.25, -0.2) is 4.98 Å². The van der Waals surface area contributed by atoms with Crippen molar-refractivity contribution in [2.24, 2.45) is 0 Å². The van der Waals surface area contributed by atoms with Crippen LogP contribution in [0.5, 0.6) is 0 Å². The van der Waals surface area contributed by atoms with Crippen LogP contribution in [0.25, 0.3) is 17.0 Å². The van der Waals surface area contributed by atoms with Crippen LogP contribution in [0.15, 0.2) is 60.4 Å². The Morgan fingerprint density at radius 2 is 2.03 bits per heavy atom. The number of fused-ring (bicyclic) bond motifs is 1. The Kier molecular flexibility index (Phi) is 5.03. The van der Waals surface area contributed by atoms with Crippen molar-refractivity contribution in [1.82, 2.24) is 15.0 Å². The highest BCUT2D eigenvalue weighted by atomic mass is 16.7. The molecule has 3 aromatic rings. The largest absolute Gasteiger partial charge is 0.469 e. The minimum Gasteiger partial charge on any atom is -0.469 e. The van der Waals surface area contributed by atoms with Gasteiger partial charge in [0.25, 0.3) is 0 Å². The van der Waals surface area contributed by atoms with E-state index in [-0.39, 0.29) is 6.10 Å². The Bertz CT molecular complexity index is 1220. The molecule has 1 aliphatic carbocycles. The smallest absolute Gasteiger partial charge is 0.201 e. The van der Waals surface area contributed by atoms with Gasteiger partial charge in [0.05, 0.1) is 17.1 Å². The average Bonchev–Trinajstić information content (AvgIpc) is 3.44. The third kappa shape index (κ3) is 3.96. The van der Waals surface area contributed by atoms with Gasteiger partial charge in [0.2, 0.25) is 5.95 Å². The number of ether oxygens (including phenoxy) is 2. The van der Waals surface area contributed by atoms with Crippen molar-refractivity contribution >= 4 is 11.5 Å². The van der Waals surface area contributed by atoms with Gasteiger partial charge in [0.1, 0.15) is 11.9 Å². The second kappa shape index (κ2) is 8.13. The summed E-state index contributed by atoms with van der Waals surface area (Å²) in [5.74, 6) is 4.20. The monoisotopic (exact) mass is 410 g/mol. The van der Waals surface area contributed by atoms with Gasteiger partial charge < -0.3 is 19.8 Å². The Morgan fingerprint density at radius 1 is 1.16 bits per heavy atom. The lowest BCUT2D eigenvalue weighted by molar-refractivity contribution is 0.0515. The van der Waals surface area contributed by atoms with Crippen LogP contribution in [-0.4, -0.2) is 27.8 Å². The molecule has 2 aliphatic rings. The number of nitrogens with zero attached hydrogens (tertiary/aromatic N) is 2. The lowest BCUT2D eigenvalue weighted by Gasteiger charge is -2.15. The summed E-state index contributed by atoms with van der Waals surface area (Å²) in [6, 6.07) is 13.9. The van der Waals surface area contributed by atoms with Crippen molar-refractivity contribution in [3.05, 3.63) is 82.9 Å². The molecule has 2 N–H and O–H groups in total. The number of aromatic nitrogens is 3. The summed E-state index contributed by atoms with van der Waals surface area (Å²) in [7, 11) is 0. The van der Waals surface area contributed by atoms with Gasteiger partial charge in [-0.3, -0.25) is 4.98 Å². The highest BCUT2D eigenvalue weighted by Gasteiger charge is 2.29. The molecule has 0 amide bonds. The number of pyridine rings is 1. The summed E-state index contributed by atoms with van der Waals surface area (Å²) >= 11 is 0. The fourth-order valence-corrected chi connectivity index (χ4v) is 3.76. The van der Waals surface area contributed by atoms with E-state index in [4.69, 9.17) is 25.9 Å². The maximum atomic E-state index is 5.69. The zero-order chi connectivity index (χ0) is 21.2. The molecule has 2 aromatic heterocycles. The van der Waals surface area contributed by atoms with Crippen LogP contribution in [0.1, 0.15) is 28.9 Å². The number of allylic oxidation sites excluding steroid dienone is 2. The van der Waals surface area contributed by atoms with Crippen LogP contribution in [0.2, 0.25) is 0 Å². The molecule has 5 rings (SSSR count). The maximum absolute atomic E-state index is 5.69. The van der Waals surface area contributed by atoms with Crippen LogP contribution >= 0.6 is 0 Å². The van der Waals surface area contributed by atoms with E-state index < -0.39 is 0 Å². The van der Waals surface area contributed by atoms with Gasteiger partial charge in [0.15, 0.2) is 6.79 Å². The third-order valence-electron chi connectivity index (χ3n) is 5.40. The molecule has 3 heterocycles. The number of hydrogen-bond donors (Lipinski definition) is 2. The lowest BCUT2D eigenvalue weighted by Crippen LogP contribution is -2.12. The summed E-state index contributed by atoms with van der Waals surface area (Å²) in [5.41, 5.74) is 6.63. The topological polar surface area (TPSA) is 72.1 Å². The van der Waals surface area contributed by atoms with E-state index in [1.165, 1.54) is 0 Å². The highest BCUT2D eigenvalue weighted by Crippen LogP contribution is 2.36. The van der Waals surface area contributed by atoms with Crippen molar-refractivity contribution in [2.75, 3.05) is 12.1 Å². The molecule has 6 nitrogen and oxygen atoms in total. The van der Waals surface area contributed by atoms with Gasteiger partial charge in [-0.1, -0.05) is 30.2 Å². The fourth-order valence-electron chi connectivity index (χ4n) is 3.76. The van der Waals surface area contributed by atoms with Gasteiger partial charge in [-0.05, 0) is 48.4 Å². The van der Waals surface area contributed by atoms with Gasteiger partial charge in [0, 0.05) is 24.2 Å². The van der Waals surface area contributed by atoms with Crippen molar-refractivity contribution < 1.29 is 9.47 Å². The van der Waals surface area contributed by atoms with E-state index in [2.05, 4.69) is 22.3 Å². The molecule has 0 radical (unpaired) electrons. The van der Waals surface area contributed by atoms with Crippen LogP contribution in [0.4, 0.5) is 5.95 Å². The molecule has 1 fully saturated rings. The minimum atomic E-state index is -0.0545. The molecular weight excluding hydrogens is 388 g/mol. The summed E-state index contributed by atoms with van der Waals surface area (Å²) < 4.78 is 11.2. The molecule has 154 valence electrons. The molecule has 1 saturated heterocycles. The number of rotatable bonds is 5. The zero-order valence-electron chi connectivity index (χ0n) is 17.2. The van der Waals surface area contributed by atoms with Crippen molar-refractivity contribution in [3.8, 4) is 23.7 Å². The van der Waals surface area contributed by atoms with E-state index in [0.29, 0.717) is 25.7 Å². The van der Waals surface area contributed by atoms with Crippen molar-refractivity contribution in [1.29, 1.82) is 0 Å². The first-order valence-corrected chi connectivity index (χ1v) is 10.2. The SMILES string of the molecule is C#Cc1ccc(CNc2nc(C3=CC=C4OCOC4C3)c(-c3cccc(C)n3)[nH]2)cc1. The fraction of sp³-hybridized carbons (Fsp3) is 0.200. The minimum absolute atomic E-state index is 0.0545. The maximum Gasteiger partial charge on any atom is 0.201 e. The molecule has 0 spiro atoms. The van der Waals surface area contributed by atoms with Crippen LogP contribution in [0, 0.1) is 19.3 Å². The van der Waals surface area contributed by atoms with Gasteiger partial charge in [-0.2, -0.15) is 0 Å². The standard InChI is InChI=1S/C25H22N4O2/c1-3-17-7-9-18(10-8-17)14-26-25-28-23(19-11-12-21-22(13-19)31-15-30-21)24(29-25)20-6-4-5-16(2)27-20/h1,4-12,22H,13-15H2,2H3,(H2,26,28,29). The second-order valence-electron chi connectivity index (χ2n) is 7.55. The van der Waals surface area contributed by atoms with Crippen molar-refractivity contribution in [3.63, 3.8) is 0 Å². The second-order valence-corrected chi connectivity index (χ2v) is 7.55. The summed E-state index contributed by atoms with van der Waals surface area (Å²) in [4.78, 5) is 13.0. The van der Waals surface area contributed by atoms with Crippen LogP contribution in [0.3, 0.4) is 0 Å². The molecule has 1 aromatic carbocycles. The van der Waals surface area contributed by atoms with Crippen LogP contribution in [-0.2, 0) is 16.0 Å². The Morgan fingerprint density at radius 3 is 2.84 bits per heavy atom. The summed E-state index contributed by atoms with van der Waals surface area (Å²) in [6.45, 7) is 2.91. The molecule has 0 bridgehead atoms. The van der Waals surface area contributed by atoms with E-state index in [9.17, 15) is 0 Å². The number of hydrogen-bond acceptors (Lipinski definition) is 5. The molecule has 1 aliphatic heterocycles. The number of aromatic amines is 1. The third-order valence-corrected chi connectivity index (χ3v) is 5.40. The molecule has 1 atom stereocenters. The Labute approximate surface area is 181 Å². The molecule has 31 heavy (non-hydrogen) atoms. The number of nitrogens with one attached hydrogen (secondary N) is 2. The highest BCUT2D eigenvalue weighted by molar-refractivity contribution is 5.79. The number of terminal acetylenes is 1. The van der Waals surface area contributed by atoms with E-state index in [1.54, 1.807) is 0 Å². The average molecular weight is 410 g/mol. The molecular formula is C25H22N4O2. The predicted octanol–water partition coefficient (Wildman–Crippen LogP) is 4.42. The zero-order valence-corrected chi connectivity index (χ0v) is 17.2. The van der Waals surface area contributed by atoms with Crippen molar-refractivity contribution in [2.45, 2.75) is 26.0 Å². The lowest BCUT2D eigenvalue weighted by atomic mass is 9.97. The summed E-state index contributed by atoms with van der Waals surface area (Å²) in [6.07, 6.45) is 10.1. The first-order chi connectivity index (χ1) is 15.2. The normalized spacial score (nSPS) is 17.2. The molecule has 6 heteroatoms. The molecule has 0 saturated carbocycles. The van der Waals surface area contributed by atoms with E-state index in [0.717, 1.165) is 45.2 Å². The first kappa shape index (κ1) is 19.2. The number of anilines is 1. The van der Waals surface area contributed by atoms with Gasteiger partial charge >= 0.3 is 0 Å². The van der Waals surface area contributed by atoms with E-state index >= 15 is 0 Å². The van der Waals surface area contributed by atoms with E-state index in [1.807, 2.05) is 55.5 Å². The summed E-state index contributed by atoms with van der Waals surface area (Å²) in [5, 5.41) is 3.38.